The Labute approximate surface area is 225 Å². The van der Waals surface area contributed by atoms with Crippen molar-refractivity contribution in [1.82, 2.24) is 5.32 Å². The average Bonchev–Trinajstić information content (AvgIpc) is 3.16. The SMILES string of the molecule is CCOc1cc(C(=O)NC(=S)Nc2cccc(N3C(=O)c4ccccc4C3=O)c2)cc(OCC)c1OCC. The van der Waals surface area contributed by atoms with Gasteiger partial charge in [0.05, 0.1) is 36.6 Å². The van der Waals surface area contributed by atoms with Gasteiger partial charge in [-0.05, 0) is 75.5 Å². The van der Waals surface area contributed by atoms with E-state index in [0.29, 0.717) is 59.6 Å². The predicted molar refractivity (Wildman–Crippen MR) is 148 cm³/mol. The van der Waals surface area contributed by atoms with Gasteiger partial charge in [-0.3, -0.25) is 19.7 Å². The van der Waals surface area contributed by atoms with Crippen molar-refractivity contribution in [2.45, 2.75) is 20.8 Å². The number of rotatable bonds is 9. The summed E-state index contributed by atoms with van der Waals surface area (Å²) in [6.45, 7) is 6.66. The number of anilines is 2. The van der Waals surface area contributed by atoms with Crippen LogP contribution in [0.3, 0.4) is 0 Å². The van der Waals surface area contributed by atoms with Gasteiger partial charge in [0.2, 0.25) is 5.75 Å². The molecule has 2 N–H and O–H groups in total. The number of ether oxygens (including phenoxy) is 3. The highest BCUT2D eigenvalue weighted by molar-refractivity contribution is 7.80. The van der Waals surface area contributed by atoms with Crippen LogP contribution in [0.5, 0.6) is 17.2 Å². The summed E-state index contributed by atoms with van der Waals surface area (Å²) < 4.78 is 17.0. The monoisotopic (exact) mass is 533 g/mol. The molecule has 3 aromatic carbocycles. The topological polar surface area (TPSA) is 106 Å². The number of imide groups is 1. The van der Waals surface area contributed by atoms with Crippen LogP contribution in [0, 0.1) is 0 Å². The number of hydrogen-bond acceptors (Lipinski definition) is 7. The third-order valence-corrected chi connectivity index (χ3v) is 5.76. The zero-order valence-electron chi connectivity index (χ0n) is 21.2. The Bertz CT molecular complexity index is 1340. The van der Waals surface area contributed by atoms with Crippen molar-refractivity contribution < 1.29 is 28.6 Å². The Morgan fingerprint density at radius 1 is 0.816 bits per heavy atom. The fourth-order valence-corrected chi connectivity index (χ4v) is 4.21. The fourth-order valence-electron chi connectivity index (χ4n) is 4.00. The summed E-state index contributed by atoms with van der Waals surface area (Å²) in [6.07, 6.45) is 0. The van der Waals surface area contributed by atoms with Crippen molar-refractivity contribution in [1.29, 1.82) is 0 Å². The molecule has 38 heavy (non-hydrogen) atoms. The van der Waals surface area contributed by atoms with E-state index in [2.05, 4.69) is 10.6 Å². The number of fused-ring (bicyclic) bond motifs is 1. The highest BCUT2D eigenvalue weighted by atomic mass is 32.1. The van der Waals surface area contributed by atoms with Crippen molar-refractivity contribution >= 4 is 46.4 Å². The molecule has 1 heterocycles. The Morgan fingerprint density at radius 2 is 1.39 bits per heavy atom. The molecule has 10 heteroatoms. The lowest BCUT2D eigenvalue weighted by Gasteiger charge is -2.18. The number of carbonyl (C=O) groups excluding carboxylic acids is 3. The molecule has 1 aliphatic rings. The molecule has 9 nitrogen and oxygen atoms in total. The third-order valence-electron chi connectivity index (χ3n) is 5.55. The predicted octanol–water partition coefficient (Wildman–Crippen LogP) is 4.81. The molecular formula is C28H27N3O6S. The number of thiocarbonyl (C=S) groups is 1. The van der Waals surface area contributed by atoms with Gasteiger partial charge in [0.15, 0.2) is 16.6 Å². The van der Waals surface area contributed by atoms with Crippen LogP contribution in [-0.4, -0.2) is 42.7 Å². The molecule has 0 aromatic heterocycles. The molecular weight excluding hydrogens is 506 g/mol. The zero-order valence-corrected chi connectivity index (χ0v) is 22.0. The van der Waals surface area contributed by atoms with E-state index in [1.807, 2.05) is 20.8 Å². The Balaban J connectivity index is 1.50. The molecule has 0 bridgehead atoms. The molecule has 0 saturated carbocycles. The van der Waals surface area contributed by atoms with Gasteiger partial charge in [0, 0.05) is 11.3 Å². The number of hydrogen-bond donors (Lipinski definition) is 2. The van der Waals surface area contributed by atoms with Gasteiger partial charge in [0.1, 0.15) is 0 Å². The molecule has 3 amide bonds. The van der Waals surface area contributed by atoms with E-state index in [1.165, 1.54) is 0 Å². The maximum atomic E-state index is 13.0. The Kier molecular flexibility index (Phi) is 8.22. The van der Waals surface area contributed by atoms with Crippen LogP contribution >= 0.6 is 12.2 Å². The lowest BCUT2D eigenvalue weighted by atomic mass is 10.1. The standard InChI is InChI=1S/C28H27N3O6S/c1-4-35-22-14-17(15-23(36-5-2)24(22)37-6-3)25(32)30-28(38)29-18-10-9-11-19(16-18)31-26(33)20-12-7-8-13-21(20)27(31)34/h7-16H,4-6H2,1-3H3,(H2,29,30,32,38). The molecule has 196 valence electrons. The lowest BCUT2D eigenvalue weighted by molar-refractivity contribution is 0.0923. The molecule has 0 atom stereocenters. The second-order valence-electron chi connectivity index (χ2n) is 8.05. The van der Waals surface area contributed by atoms with E-state index in [-0.39, 0.29) is 10.7 Å². The highest BCUT2D eigenvalue weighted by Crippen LogP contribution is 2.39. The van der Waals surface area contributed by atoms with Gasteiger partial charge < -0.3 is 19.5 Å². The summed E-state index contributed by atoms with van der Waals surface area (Å²) in [5, 5.41) is 5.60. The van der Waals surface area contributed by atoms with Crippen LogP contribution in [0.25, 0.3) is 0 Å². The zero-order chi connectivity index (χ0) is 27.2. The molecule has 3 aromatic rings. The molecule has 0 unspecified atom stereocenters. The van der Waals surface area contributed by atoms with Gasteiger partial charge >= 0.3 is 0 Å². The van der Waals surface area contributed by atoms with Crippen LogP contribution in [0.15, 0.2) is 60.7 Å². The summed E-state index contributed by atoms with van der Waals surface area (Å²) in [6, 6.07) is 16.5. The van der Waals surface area contributed by atoms with Gasteiger partial charge in [-0.2, -0.15) is 0 Å². The average molecular weight is 534 g/mol. The summed E-state index contributed by atoms with van der Waals surface area (Å²) in [4.78, 5) is 39.8. The van der Waals surface area contributed by atoms with E-state index in [0.717, 1.165) is 4.90 Å². The van der Waals surface area contributed by atoms with Crippen molar-refractivity contribution in [3.8, 4) is 17.2 Å². The normalized spacial score (nSPS) is 12.1. The number of amides is 3. The second kappa shape index (κ2) is 11.7. The lowest BCUT2D eigenvalue weighted by Crippen LogP contribution is -2.34. The number of carbonyl (C=O) groups is 3. The van der Waals surface area contributed by atoms with E-state index >= 15 is 0 Å². The van der Waals surface area contributed by atoms with Crippen LogP contribution in [0.2, 0.25) is 0 Å². The minimum Gasteiger partial charge on any atom is -0.490 e. The first-order valence-corrected chi connectivity index (χ1v) is 12.5. The smallest absolute Gasteiger partial charge is 0.266 e. The van der Waals surface area contributed by atoms with Gasteiger partial charge in [-0.1, -0.05) is 18.2 Å². The quantitative estimate of drug-likeness (QED) is 0.298. The van der Waals surface area contributed by atoms with Crippen molar-refractivity contribution in [2.24, 2.45) is 0 Å². The molecule has 0 saturated heterocycles. The number of nitrogens with zero attached hydrogens (tertiary/aromatic N) is 1. The molecule has 0 fully saturated rings. The first kappa shape index (κ1) is 26.6. The van der Waals surface area contributed by atoms with Crippen LogP contribution in [-0.2, 0) is 0 Å². The van der Waals surface area contributed by atoms with Crippen LogP contribution < -0.4 is 29.7 Å². The highest BCUT2D eigenvalue weighted by Gasteiger charge is 2.36. The maximum Gasteiger partial charge on any atom is 0.266 e. The van der Waals surface area contributed by atoms with E-state index < -0.39 is 17.7 Å². The Morgan fingerprint density at radius 3 is 1.95 bits per heavy atom. The minimum atomic E-state index is -0.482. The number of nitrogens with one attached hydrogen (secondary N) is 2. The minimum absolute atomic E-state index is 0.0271. The number of benzene rings is 3. The maximum absolute atomic E-state index is 13.0. The first-order chi connectivity index (χ1) is 18.4. The van der Waals surface area contributed by atoms with Crippen molar-refractivity contribution in [3.63, 3.8) is 0 Å². The molecule has 4 rings (SSSR count). The van der Waals surface area contributed by atoms with Crippen molar-refractivity contribution in [2.75, 3.05) is 30.0 Å². The van der Waals surface area contributed by atoms with Gasteiger partial charge in [0.25, 0.3) is 17.7 Å². The van der Waals surface area contributed by atoms with E-state index in [9.17, 15) is 14.4 Å². The van der Waals surface area contributed by atoms with Crippen LogP contribution in [0.4, 0.5) is 11.4 Å². The van der Waals surface area contributed by atoms with E-state index in [1.54, 1.807) is 60.7 Å². The summed E-state index contributed by atoms with van der Waals surface area (Å²) in [5.41, 5.74) is 1.84. The van der Waals surface area contributed by atoms with E-state index in [4.69, 9.17) is 26.4 Å². The molecule has 0 spiro atoms. The summed E-state index contributed by atoms with van der Waals surface area (Å²) >= 11 is 5.35. The van der Waals surface area contributed by atoms with Crippen LogP contribution in [0.1, 0.15) is 51.8 Å². The summed E-state index contributed by atoms with van der Waals surface area (Å²) in [5.74, 6) is -0.0769. The van der Waals surface area contributed by atoms with Gasteiger partial charge in [-0.15, -0.1) is 0 Å². The molecule has 1 aliphatic heterocycles. The third kappa shape index (κ3) is 5.45. The fraction of sp³-hybridized carbons (Fsp3) is 0.214. The Hall–Kier alpha value is -4.44. The first-order valence-electron chi connectivity index (χ1n) is 12.1. The largest absolute Gasteiger partial charge is 0.490 e. The molecule has 0 aliphatic carbocycles. The second-order valence-corrected chi connectivity index (χ2v) is 8.46. The molecule has 0 radical (unpaired) electrons. The van der Waals surface area contributed by atoms with Crippen molar-refractivity contribution in [3.05, 3.63) is 77.4 Å². The summed E-state index contributed by atoms with van der Waals surface area (Å²) in [7, 11) is 0. The van der Waals surface area contributed by atoms with Gasteiger partial charge in [-0.25, -0.2) is 4.90 Å².